The number of carbonyl (C=O) groups is 1. The first-order chi connectivity index (χ1) is 13.5. The number of hydrogen-bond donors (Lipinski definition) is 0. The molecule has 6 heteroatoms. The molecule has 1 saturated heterocycles. The minimum absolute atomic E-state index is 0.00487. The van der Waals surface area contributed by atoms with Gasteiger partial charge in [0.1, 0.15) is 0 Å². The topological polar surface area (TPSA) is 37.6 Å². The number of aliphatic imine (C=N–C) groups is 1. The molecular formula is C22H20BrN3OS. The number of para-hydroxylation sites is 1. The summed E-state index contributed by atoms with van der Waals surface area (Å²) in [6.07, 6.45) is 2.01. The standard InChI is InChI=1S/C22H20BrN3OS/c1-14-18(12-20-21(27)25(3)22(24-2)28-20)17-6-4-5-7-19(17)26(14)13-15-8-10-16(23)11-9-15/h4-12H,13H2,1-3H3/b20-12+,24-22?. The van der Waals surface area contributed by atoms with Crippen LogP contribution in [0.2, 0.25) is 0 Å². The number of halogens is 1. The molecule has 1 aromatic heterocycles. The van der Waals surface area contributed by atoms with Gasteiger partial charge in [0.25, 0.3) is 5.91 Å². The van der Waals surface area contributed by atoms with Crippen molar-refractivity contribution in [2.75, 3.05) is 14.1 Å². The molecule has 0 spiro atoms. The summed E-state index contributed by atoms with van der Waals surface area (Å²) in [6, 6.07) is 16.7. The van der Waals surface area contributed by atoms with Crippen molar-refractivity contribution in [3.8, 4) is 0 Å². The second-order valence-corrected chi connectivity index (χ2v) is 8.63. The number of nitrogens with zero attached hydrogens (tertiary/aromatic N) is 3. The molecule has 2 heterocycles. The van der Waals surface area contributed by atoms with Gasteiger partial charge < -0.3 is 4.57 Å². The zero-order chi connectivity index (χ0) is 19.8. The highest BCUT2D eigenvalue weighted by molar-refractivity contribution is 9.10. The van der Waals surface area contributed by atoms with Crippen LogP contribution in [0, 0.1) is 6.92 Å². The lowest BCUT2D eigenvalue weighted by atomic mass is 10.1. The third-order valence-corrected chi connectivity index (χ3v) is 6.68. The summed E-state index contributed by atoms with van der Waals surface area (Å²) in [4.78, 5) is 19.1. The average molecular weight is 454 g/mol. The highest BCUT2D eigenvalue weighted by Crippen LogP contribution is 2.35. The van der Waals surface area contributed by atoms with Gasteiger partial charge in [0, 0.05) is 47.3 Å². The molecule has 0 bridgehead atoms. The molecule has 0 saturated carbocycles. The Balaban J connectivity index is 1.82. The molecule has 4 rings (SSSR count). The number of fused-ring (bicyclic) bond motifs is 1. The van der Waals surface area contributed by atoms with E-state index in [4.69, 9.17) is 0 Å². The van der Waals surface area contributed by atoms with E-state index in [1.807, 2.05) is 12.1 Å². The quantitative estimate of drug-likeness (QED) is 0.505. The predicted molar refractivity (Wildman–Crippen MR) is 122 cm³/mol. The van der Waals surface area contributed by atoms with Gasteiger partial charge in [0.2, 0.25) is 0 Å². The Morgan fingerprint density at radius 2 is 1.86 bits per heavy atom. The maximum Gasteiger partial charge on any atom is 0.266 e. The number of benzene rings is 2. The van der Waals surface area contributed by atoms with E-state index in [9.17, 15) is 4.79 Å². The smallest absolute Gasteiger partial charge is 0.266 e. The molecule has 1 aliphatic heterocycles. The van der Waals surface area contributed by atoms with Crippen LogP contribution in [0.4, 0.5) is 0 Å². The van der Waals surface area contributed by atoms with Gasteiger partial charge >= 0.3 is 0 Å². The molecule has 0 radical (unpaired) electrons. The average Bonchev–Trinajstić information content (AvgIpc) is 3.13. The van der Waals surface area contributed by atoms with E-state index in [1.54, 1.807) is 19.0 Å². The van der Waals surface area contributed by atoms with Gasteiger partial charge in [-0.1, -0.05) is 46.3 Å². The fraction of sp³-hybridized carbons (Fsp3) is 0.182. The zero-order valence-electron chi connectivity index (χ0n) is 15.9. The number of thioether (sulfide) groups is 1. The van der Waals surface area contributed by atoms with Gasteiger partial charge in [-0.3, -0.25) is 14.7 Å². The Hall–Kier alpha value is -2.31. The first-order valence-electron chi connectivity index (χ1n) is 8.96. The van der Waals surface area contributed by atoms with Gasteiger partial charge in [0.05, 0.1) is 4.91 Å². The second kappa shape index (κ2) is 7.60. The van der Waals surface area contributed by atoms with Crippen LogP contribution in [0.5, 0.6) is 0 Å². The van der Waals surface area contributed by atoms with E-state index in [0.29, 0.717) is 4.91 Å². The number of likely N-dealkylation sites (N-methyl/N-ethyl adjacent to an activating group) is 1. The summed E-state index contributed by atoms with van der Waals surface area (Å²) in [5.74, 6) is -0.00487. The molecule has 0 atom stereocenters. The number of rotatable bonds is 3. The molecule has 0 unspecified atom stereocenters. The SMILES string of the molecule is CN=C1S/C(=C/c2c(C)n(Cc3ccc(Br)cc3)c3ccccc23)C(=O)N1C. The summed E-state index contributed by atoms with van der Waals surface area (Å²) in [6.45, 7) is 2.90. The van der Waals surface area contributed by atoms with Gasteiger partial charge in [0.15, 0.2) is 5.17 Å². The third-order valence-electron chi connectivity index (χ3n) is 5.00. The molecule has 0 aliphatic carbocycles. The number of hydrogen-bond acceptors (Lipinski definition) is 3. The zero-order valence-corrected chi connectivity index (χ0v) is 18.3. The largest absolute Gasteiger partial charge is 0.340 e. The minimum atomic E-state index is -0.00487. The lowest BCUT2D eigenvalue weighted by Gasteiger charge is -2.09. The van der Waals surface area contributed by atoms with E-state index in [1.165, 1.54) is 22.8 Å². The van der Waals surface area contributed by atoms with Crippen molar-refractivity contribution in [3.05, 3.63) is 74.7 Å². The fourth-order valence-corrected chi connectivity index (χ4v) is 4.67. The molecule has 3 aromatic rings. The van der Waals surface area contributed by atoms with Crippen molar-refractivity contribution in [1.82, 2.24) is 9.47 Å². The van der Waals surface area contributed by atoms with Crippen LogP contribution in [-0.4, -0.2) is 34.6 Å². The normalized spacial score (nSPS) is 17.4. The molecule has 1 aliphatic rings. The Bertz CT molecular complexity index is 1130. The van der Waals surface area contributed by atoms with Crippen molar-refractivity contribution in [2.45, 2.75) is 13.5 Å². The lowest BCUT2D eigenvalue weighted by Crippen LogP contribution is -2.23. The molecule has 142 valence electrons. The van der Waals surface area contributed by atoms with Crippen LogP contribution in [-0.2, 0) is 11.3 Å². The van der Waals surface area contributed by atoms with Gasteiger partial charge in [-0.05, 0) is 48.5 Å². The van der Waals surface area contributed by atoms with Crippen LogP contribution in [0.3, 0.4) is 0 Å². The number of amides is 1. The lowest BCUT2D eigenvalue weighted by molar-refractivity contribution is -0.121. The van der Waals surface area contributed by atoms with Crippen LogP contribution in [0.1, 0.15) is 16.8 Å². The van der Waals surface area contributed by atoms with E-state index < -0.39 is 0 Å². The first kappa shape index (κ1) is 19.0. The van der Waals surface area contributed by atoms with E-state index >= 15 is 0 Å². The summed E-state index contributed by atoms with van der Waals surface area (Å²) in [5.41, 5.74) is 4.64. The molecule has 2 aromatic carbocycles. The Labute approximate surface area is 177 Å². The molecule has 28 heavy (non-hydrogen) atoms. The maximum absolute atomic E-state index is 12.6. The van der Waals surface area contributed by atoms with Gasteiger partial charge in [-0.2, -0.15) is 0 Å². The number of aromatic nitrogens is 1. The number of amidine groups is 1. The second-order valence-electron chi connectivity index (χ2n) is 6.71. The van der Waals surface area contributed by atoms with Crippen LogP contribution < -0.4 is 0 Å². The van der Waals surface area contributed by atoms with Crippen molar-refractivity contribution in [1.29, 1.82) is 0 Å². The minimum Gasteiger partial charge on any atom is -0.340 e. The highest BCUT2D eigenvalue weighted by Gasteiger charge is 2.30. The predicted octanol–water partition coefficient (Wildman–Crippen LogP) is 5.29. The van der Waals surface area contributed by atoms with E-state index in [-0.39, 0.29) is 5.91 Å². The molecule has 1 fully saturated rings. The summed E-state index contributed by atoms with van der Waals surface area (Å²) in [5, 5.41) is 1.88. The Morgan fingerprint density at radius 3 is 2.54 bits per heavy atom. The van der Waals surface area contributed by atoms with Gasteiger partial charge in [-0.25, -0.2) is 0 Å². The fourth-order valence-electron chi connectivity index (χ4n) is 3.50. The Kier molecular flexibility index (Phi) is 5.17. The van der Waals surface area contributed by atoms with Crippen molar-refractivity contribution in [2.24, 2.45) is 4.99 Å². The maximum atomic E-state index is 12.6. The summed E-state index contributed by atoms with van der Waals surface area (Å²) >= 11 is 4.92. The monoisotopic (exact) mass is 453 g/mol. The molecular weight excluding hydrogens is 434 g/mol. The van der Waals surface area contributed by atoms with E-state index in [0.717, 1.165) is 32.8 Å². The first-order valence-corrected chi connectivity index (χ1v) is 10.6. The van der Waals surface area contributed by atoms with Crippen LogP contribution in [0.25, 0.3) is 17.0 Å². The van der Waals surface area contributed by atoms with Crippen molar-refractivity contribution < 1.29 is 4.79 Å². The third kappa shape index (κ3) is 3.31. The van der Waals surface area contributed by atoms with Gasteiger partial charge in [-0.15, -0.1) is 0 Å². The summed E-state index contributed by atoms with van der Waals surface area (Å²) in [7, 11) is 3.48. The van der Waals surface area contributed by atoms with Crippen LogP contribution >= 0.6 is 27.7 Å². The molecule has 0 N–H and O–H groups in total. The van der Waals surface area contributed by atoms with E-state index in [2.05, 4.69) is 74.9 Å². The Morgan fingerprint density at radius 1 is 1.14 bits per heavy atom. The number of carbonyl (C=O) groups excluding carboxylic acids is 1. The highest BCUT2D eigenvalue weighted by atomic mass is 79.9. The summed E-state index contributed by atoms with van der Waals surface area (Å²) < 4.78 is 3.39. The molecule has 1 amide bonds. The van der Waals surface area contributed by atoms with Crippen LogP contribution in [0.15, 0.2) is 62.9 Å². The van der Waals surface area contributed by atoms with Crippen molar-refractivity contribution >= 4 is 55.7 Å². The molecule has 4 nitrogen and oxygen atoms in total. The van der Waals surface area contributed by atoms with Crippen molar-refractivity contribution in [3.63, 3.8) is 0 Å².